The van der Waals surface area contributed by atoms with Crippen LogP contribution in [0.25, 0.3) is 0 Å². The zero-order valence-corrected chi connectivity index (χ0v) is 15.2. The quantitative estimate of drug-likeness (QED) is 0.294. The Hall–Kier alpha value is -0.0105. The van der Waals surface area contributed by atoms with Crippen molar-refractivity contribution < 1.29 is 27.0 Å². The Morgan fingerprint density at radius 2 is 0.905 bits per heavy atom. The van der Waals surface area contributed by atoms with Gasteiger partial charge >= 0.3 is 0 Å². The van der Waals surface area contributed by atoms with Crippen LogP contribution in [0.4, 0.5) is 0 Å². The fourth-order valence-electron chi connectivity index (χ4n) is 2.64. The third-order valence-corrected chi connectivity index (χ3v) is 3.98. The van der Waals surface area contributed by atoms with Crippen LogP contribution in [-0.4, -0.2) is 5.97 Å². The van der Waals surface area contributed by atoms with E-state index in [1.807, 2.05) is 0 Å². The average molecular weight is 338 g/mol. The summed E-state index contributed by atoms with van der Waals surface area (Å²) in [6.45, 7) is 2.27. The van der Waals surface area contributed by atoms with Crippen molar-refractivity contribution in [3.63, 3.8) is 0 Å². The number of carboxylic acids is 1. The number of rotatable bonds is 16. The van der Waals surface area contributed by atoms with Gasteiger partial charge in [0.1, 0.15) is 0 Å². The molecule has 1 radical (unpaired) electrons. The first-order valence-corrected chi connectivity index (χ1v) is 8.97. The van der Waals surface area contributed by atoms with E-state index in [2.05, 4.69) is 6.92 Å². The van der Waals surface area contributed by atoms with E-state index >= 15 is 0 Å². The molecule has 3 heteroatoms. The minimum Gasteiger partial charge on any atom is -0.550 e. The Kier molecular flexibility index (Phi) is 22.1. The van der Waals surface area contributed by atoms with Crippen LogP contribution in [0.15, 0.2) is 0 Å². The average Bonchev–Trinajstić information content (AvgIpc) is 2.43. The summed E-state index contributed by atoms with van der Waals surface area (Å²) in [7, 11) is 0. The molecule has 0 unspecified atom stereocenters. The van der Waals surface area contributed by atoms with Crippen molar-refractivity contribution in [2.24, 2.45) is 0 Å². The molecule has 0 N–H and O–H groups in total. The van der Waals surface area contributed by atoms with Crippen LogP contribution in [0, 0.1) is 0 Å². The van der Waals surface area contributed by atoms with Crippen LogP contribution in [-0.2, 0) is 21.9 Å². The molecular weight excluding hydrogens is 303 g/mol. The summed E-state index contributed by atoms with van der Waals surface area (Å²) < 4.78 is 0. The van der Waals surface area contributed by atoms with Gasteiger partial charge in [0.2, 0.25) is 0 Å². The van der Waals surface area contributed by atoms with Gasteiger partial charge in [-0.1, -0.05) is 96.8 Å². The molecule has 0 fully saturated rings. The van der Waals surface area contributed by atoms with Crippen molar-refractivity contribution in [1.29, 1.82) is 0 Å². The first-order valence-electron chi connectivity index (χ1n) is 8.97. The Balaban J connectivity index is 0. The van der Waals surface area contributed by atoms with Gasteiger partial charge in [-0.15, -0.1) is 0 Å². The molecule has 0 rings (SSSR count). The van der Waals surface area contributed by atoms with Gasteiger partial charge in [0.25, 0.3) is 0 Å². The summed E-state index contributed by atoms with van der Waals surface area (Å²) in [6.07, 6.45) is 19.9. The van der Waals surface area contributed by atoms with Crippen molar-refractivity contribution >= 4 is 5.97 Å². The van der Waals surface area contributed by atoms with Gasteiger partial charge < -0.3 is 9.90 Å². The minimum atomic E-state index is -0.903. The van der Waals surface area contributed by atoms with E-state index in [1.54, 1.807) is 0 Å². The molecule has 0 aromatic heterocycles. The standard InChI is InChI=1S/C18H36O2.Mn/c1-2-3-4-5-6-7-8-9-10-11-12-13-14-15-16-17-18(19)20;/h2-17H2,1H3,(H,19,20);/p-1. The number of aliphatic carboxylic acids is 1. The largest absolute Gasteiger partial charge is 0.550 e. The predicted octanol–water partition coefficient (Wildman–Crippen LogP) is 5.00. The van der Waals surface area contributed by atoms with Crippen LogP contribution in [0.2, 0.25) is 0 Å². The van der Waals surface area contributed by atoms with Crippen LogP contribution in [0.1, 0.15) is 110 Å². The molecule has 0 bridgehead atoms. The Labute approximate surface area is 142 Å². The number of carbonyl (C=O) groups excluding carboxylic acids is 1. The molecule has 0 aliphatic carbocycles. The molecule has 0 atom stereocenters. The van der Waals surface area contributed by atoms with Crippen molar-refractivity contribution in [1.82, 2.24) is 0 Å². The van der Waals surface area contributed by atoms with Gasteiger partial charge in [-0.2, -0.15) is 0 Å². The summed E-state index contributed by atoms with van der Waals surface area (Å²) in [4.78, 5) is 10.2. The third-order valence-electron chi connectivity index (χ3n) is 3.98. The molecular formula is C18H35MnO2-. The topological polar surface area (TPSA) is 40.1 Å². The number of unbranched alkanes of at least 4 members (excludes halogenated alkanes) is 14. The predicted molar refractivity (Wildman–Crippen MR) is 84.6 cm³/mol. The third kappa shape index (κ3) is 22.4. The Morgan fingerprint density at radius 1 is 0.619 bits per heavy atom. The molecule has 21 heavy (non-hydrogen) atoms. The SMILES string of the molecule is CCCCCCCCCCCCCCCCCC(=O)[O-].[Mn]. The molecule has 127 valence electrons. The normalized spacial score (nSPS) is 10.3. The molecule has 0 aromatic carbocycles. The number of carboxylic acid groups (broad SMARTS) is 1. The van der Waals surface area contributed by atoms with E-state index in [1.165, 1.54) is 83.5 Å². The molecule has 0 aromatic rings. The van der Waals surface area contributed by atoms with Crippen molar-refractivity contribution in [3.8, 4) is 0 Å². The summed E-state index contributed by atoms with van der Waals surface area (Å²) in [6, 6.07) is 0. The molecule has 0 aliphatic rings. The molecule has 0 spiro atoms. The van der Waals surface area contributed by atoms with Gasteiger partial charge in [-0.05, 0) is 12.8 Å². The van der Waals surface area contributed by atoms with Crippen LogP contribution < -0.4 is 5.11 Å². The van der Waals surface area contributed by atoms with E-state index in [0.29, 0.717) is 0 Å². The van der Waals surface area contributed by atoms with Crippen LogP contribution in [0.5, 0.6) is 0 Å². The maximum Gasteiger partial charge on any atom is 0.0414 e. The second kappa shape index (κ2) is 20.0. The first kappa shape index (κ1) is 23.3. The second-order valence-electron chi connectivity index (χ2n) is 6.07. The maximum atomic E-state index is 10.2. The van der Waals surface area contributed by atoms with Gasteiger partial charge in [0, 0.05) is 23.0 Å². The monoisotopic (exact) mass is 338 g/mol. The van der Waals surface area contributed by atoms with E-state index in [-0.39, 0.29) is 23.5 Å². The Morgan fingerprint density at radius 3 is 1.19 bits per heavy atom. The molecule has 0 amide bonds. The zero-order chi connectivity index (χ0) is 14.9. The van der Waals surface area contributed by atoms with Crippen molar-refractivity contribution in [3.05, 3.63) is 0 Å². The number of carbonyl (C=O) groups is 1. The summed E-state index contributed by atoms with van der Waals surface area (Å²) in [5.41, 5.74) is 0. The smallest absolute Gasteiger partial charge is 0.0414 e. The van der Waals surface area contributed by atoms with Gasteiger partial charge in [0.15, 0.2) is 0 Å². The molecule has 2 nitrogen and oxygen atoms in total. The maximum absolute atomic E-state index is 10.2. The first-order chi connectivity index (χ1) is 9.77. The fourth-order valence-corrected chi connectivity index (χ4v) is 2.64. The van der Waals surface area contributed by atoms with E-state index in [4.69, 9.17) is 0 Å². The molecule has 0 aliphatic heterocycles. The minimum absolute atomic E-state index is 0. The van der Waals surface area contributed by atoms with E-state index < -0.39 is 5.97 Å². The number of hydrogen-bond donors (Lipinski definition) is 0. The van der Waals surface area contributed by atoms with Crippen molar-refractivity contribution in [2.75, 3.05) is 0 Å². The summed E-state index contributed by atoms with van der Waals surface area (Å²) in [5, 5.41) is 10.2. The molecule has 0 saturated heterocycles. The van der Waals surface area contributed by atoms with Crippen LogP contribution >= 0.6 is 0 Å². The Bertz CT molecular complexity index is 207. The molecule has 0 saturated carbocycles. The summed E-state index contributed by atoms with van der Waals surface area (Å²) in [5.74, 6) is -0.903. The second-order valence-corrected chi connectivity index (χ2v) is 6.07. The fraction of sp³-hybridized carbons (Fsp3) is 0.944. The number of hydrogen-bond acceptors (Lipinski definition) is 2. The molecule has 0 heterocycles. The van der Waals surface area contributed by atoms with Crippen molar-refractivity contribution in [2.45, 2.75) is 110 Å². The summed E-state index contributed by atoms with van der Waals surface area (Å²) >= 11 is 0. The van der Waals surface area contributed by atoms with Crippen LogP contribution in [0.3, 0.4) is 0 Å². The van der Waals surface area contributed by atoms with Gasteiger partial charge in [-0.3, -0.25) is 0 Å². The van der Waals surface area contributed by atoms with E-state index in [0.717, 1.165) is 12.8 Å². The van der Waals surface area contributed by atoms with E-state index in [9.17, 15) is 9.90 Å². The zero-order valence-electron chi connectivity index (χ0n) is 14.0. The van der Waals surface area contributed by atoms with Gasteiger partial charge in [0.05, 0.1) is 0 Å². The van der Waals surface area contributed by atoms with Gasteiger partial charge in [-0.25, -0.2) is 0 Å².